The van der Waals surface area contributed by atoms with Gasteiger partial charge in [0.15, 0.2) is 5.65 Å². The Labute approximate surface area is 186 Å². The maximum atomic E-state index is 12.1. The van der Waals surface area contributed by atoms with Gasteiger partial charge < -0.3 is 4.98 Å². The average Bonchev–Trinajstić information content (AvgIpc) is 3.33. The summed E-state index contributed by atoms with van der Waals surface area (Å²) in [7, 11) is 0. The van der Waals surface area contributed by atoms with Gasteiger partial charge in [-0.25, -0.2) is 9.50 Å². The van der Waals surface area contributed by atoms with Crippen LogP contribution >= 0.6 is 0 Å². The van der Waals surface area contributed by atoms with Crippen LogP contribution in [0.15, 0.2) is 59.9 Å². The van der Waals surface area contributed by atoms with Gasteiger partial charge in [-0.2, -0.15) is 5.10 Å². The number of aromatic amines is 1. The number of nitrogens with zero attached hydrogens (tertiary/aromatic N) is 5. The van der Waals surface area contributed by atoms with Crippen molar-refractivity contribution < 1.29 is 0 Å². The van der Waals surface area contributed by atoms with Crippen molar-refractivity contribution in [2.75, 3.05) is 6.54 Å². The lowest BCUT2D eigenvalue weighted by Crippen LogP contribution is -2.42. The van der Waals surface area contributed by atoms with Gasteiger partial charge in [0, 0.05) is 60.1 Å². The molecule has 0 aliphatic carbocycles. The van der Waals surface area contributed by atoms with Crippen molar-refractivity contribution in [1.29, 1.82) is 0 Å². The van der Waals surface area contributed by atoms with E-state index in [0.717, 1.165) is 47.4 Å². The zero-order valence-electron chi connectivity index (χ0n) is 18.1. The van der Waals surface area contributed by atoms with Crippen molar-refractivity contribution in [2.24, 2.45) is 0 Å². The van der Waals surface area contributed by atoms with Gasteiger partial charge in [-0.3, -0.25) is 14.7 Å². The normalized spacial score (nSPS) is 23.1. The third-order valence-electron chi connectivity index (χ3n) is 7.23. The molecule has 0 amide bonds. The Morgan fingerprint density at radius 1 is 1.03 bits per heavy atom. The van der Waals surface area contributed by atoms with E-state index in [1.54, 1.807) is 24.7 Å². The number of hydrogen-bond donors (Lipinski definition) is 1. The number of piperidine rings is 1. The van der Waals surface area contributed by atoms with Crippen molar-refractivity contribution in [2.45, 2.75) is 50.6 Å². The van der Waals surface area contributed by atoms with E-state index in [0.29, 0.717) is 18.0 Å². The first-order valence-electron chi connectivity index (χ1n) is 11.5. The minimum Gasteiger partial charge on any atom is -0.329 e. The third kappa shape index (κ3) is 3.07. The third-order valence-corrected chi connectivity index (χ3v) is 7.23. The standard InChI is InChI=1S/C25H26N6O/c1-2-30-19-3-4-20(30)14-18(13-19)21-8-12-28-25-23(17-7-11-27-22(32)15-17)24(29-31(21)25)16-5-9-26-10-6-16/h5-12,15,18-20H,2-4,13-14H2,1H3,(H,27,32). The van der Waals surface area contributed by atoms with E-state index >= 15 is 0 Å². The van der Waals surface area contributed by atoms with Gasteiger partial charge >= 0.3 is 0 Å². The molecule has 162 valence electrons. The molecule has 6 heterocycles. The minimum absolute atomic E-state index is 0.137. The summed E-state index contributed by atoms with van der Waals surface area (Å²) in [5.41, 5.74) is 5.38. The molecule has 2 fully saturated rings. The smallest absolute Gasteiger partial charge is 0.248 e. The second kappa shape index (κ2) is 7.67. The van der Waals surface area contributed by atoms with E-state index in [9.17, 15) is 4.79 Å². The molecular formula is C25H26N6O. The van der Waals surface area contributed by atoms with Crippen molar-refractivity contribution in [3.63, 3.8) is 0 Å². The van der Waals surface area contributed by atoms with Crippen LogP contribution in [0.25, 0.3) is 28.0 Å². The van der Waals surface area contributed by atoms with Crippen LogP contribution in [0, 0.1) is 0 Å². The summed E-state index contributed by atoms with van der Waals surface area (Å²) in [6, 6.07) is 10.9. The molecule has 2 bridgehead atoms. The second-order valence-electron chi connectivity index (χ2n) is 8.89. The zero-order chi connectivity index (χ0) is 21.7. The number of fused-ring (bicyclic) bond motifs is 3. The molecule has 6 rings (SSSR count). The number of aromatic nitrogens is 5. The Morgan fingerprint density at radius 2 is 1.81 bits per heavy atom. The molecule has 2 unspecified atom stereocenters. The van der Waals surface area contributed by atoms with Crippen molar-refractivity contribution in [3.05, 3.63) is 71.2 Å². The van der Waals surface area contributed by atoms with Crippen LogP contribution in [0.1, 0.15) is 44.2 Å². The predicted molar refractivity (Wildman–Crippen MR) is 123 cm³/mol. The van der Waals surface area contributed by atoms with Gasteiger partial charge in [-0.15, -0.1) is 0 Å². The molecule has 0 spiro atoms. The molecule has 32 heavy (non-hydrogen) atoms. The fourth-order valence-electron chi connectivity index (χ4n) is 5.88. The van der Waals surface area contributed by atoms with Crippen LogP contribution in [0.4, 0.5) is 0 Å². The lowest BCUT2D eigenvalue weighted by Gasteiger charge is -2.38. The van der Waals surface area contributed by atoms with Crippen LogP contribution in [-0.4, -0.2) is 48.1 Å². The second-order valence-corrected chi connectivity index (χ2v) is 8.89. The first-order chi connectivity index (χ1) is 15.7. The van der Waals surface area contributed by atoms with E-state index in [2.05, 4.69) is 27.9 Å². The monoisotopic (exact) mass is 426 g/mol. The molecule has 7 heteroatoms. The number of nitrogens with one attached hydrogen (secondary N) is 1. The summed E-state index contributed by atoms with van der Waals surface area (Å²) in [5.74, 6) is 0.456. The van der Waals surface area contributed by atoms with Crippen molar-refractivity contribution in [1.82, 2.24) is 29.5 Å². The number of pyridine rings is 2. The Hall–Kier alpha value is -3.32. The lowest BCUT2D eigenvalue weighted by molar-refractivity contribution is 0.132. The van der Waals surface area contributed by atoms with E-state index < -0.39 is 0 Å². The maximum absolute atomic E-state index is 12.1. The number of rotatable bonds is 4. The SMILES string of the molecule is CCN1C2CCC1CC(c1ccnc3c(-c4cc[nH]c(=O)c4)c(-c4ccncc4)nn13)C2. The first kappa shape index (κ1) is 19.4. The van der Waals surface area contributed by atoms with Gasteiger partial charge in [0.25, 0.3) is 0 Å². The van der Waals surface area contributed by atoms with Crippen LogP contribution in [0.3, 0.4) is 0 Å². The summed E-state index contributed by atoms with van der Waals surface area (Å²) in [5, 5.41) is 5.07. The molecule has 2 saturated heterocycles. The summed E-state index contributed by atoms with van der Waals surface area (Å²) in [4.78, 5) is 26.4. The molecule has 4 aromatic heterocycles. The van der Waals surface area contributed by atoms with Gasteiger partial charge in [-0.1, -0.05) is 6.92 Å². The molecule has 4 aromatic rings. The number of H-pyrrole nitrogens is 1. The topological polar surface area (TPSA) is 79.2 Å². The quantitative estimate of drug-likeness (QED) is 0.536. The Bertz CT molecular complexity index is 1310. The molecule has 0 aromatic carbocycles. The highest BCUT2D eigenvalue weighted by atomic mass is 16.1. The summed E-state index contributed by atoms with van der Waals surface area (Å²) < 4.78 is 2.03. The van der Waals surface area contributed by atoms with E-state index in [1.165, 1.54) is 18.5 Å². The fourth-order valence-corrected chi connectivity index (χ4v) is 5.88. The zero-order valence-corrected chi connectivity index (χ0v) is 18.1. The van der Waals surface area contributed by atoms with Gasteiger partial charge in [0.05, 0.1) is 5.56 Å². The van der Waals surface area contributed by atoms with E-state index in [-0.39, 0.29) is 5.56 Å². The molecule has 0 saturated carbocycles. The molecular weight excluding hydrogens is 400 g/mol. The first-order valence-corrected chi connectivity index (χ1v) is 11.5. The average molecular weight is 427 g/mol. The van der Waals surface area contributed by atoms with E-state index in [1.807, 2.05) is 28.9 Å². The molecule has 2 aliphatic rings. The van der Waals surface area contributed by atoms with Crippen LogP contribution in [0.5, 0.6) is 0 Å². The molecule has 1 N–H and O–H groups in total. The van der Waals surface area contributed by atoms with Gasteiger partial charge in [-0.05, 0) is 62.1 Å². The lowest BCUT2D eigenvalue weighted by atomic mass is 9.88. The molecule has 2 atom stereocenters. The highest BCUT2D eigenvalue weighted by molar-refractivity contribution is 5.90. The van der Waals surface area contributed by atoms with Gasteiger partial charge in [0.2, 0.25) is 5.56 Å². The van der Waals surface area contributed by atoms with Crippen LogP contribution in [0.2, 0.25) is 0 Å². The Balaban J connectivity index is 1.54. The summed E-state index contributed by atoms with van der Waals surface area (Å²) >= 11 is 0. The Kier molecular flexibility index (Phi) is 4.64. The van der Waals surface area contributed by atoms with Crippen LogP contribution < -0.4 is 5.56 Å². The van der Waals surface area contributed by atoms with Crippen molar-refractivity contribution in [3.8, 4) is 22.4 Å². The fraction of sp³-hybridized carbons (Fsp3) is 0.360. The Morgan fingerprint density at radius 3 is 2.53 bits per heavy atom. The van der Waals surface area contributed by atoms with Crippen LogP contribution in [-0.2, 0) is 0 Å². The largest absolute Gasteiger partial charge is 0.329 e. The number of hydrogen-bond acceptors (Lipinski definition) is 5. The van der Waals surface area contributed by atoms with Crippen molar-refractivity contribution >= 4 is 5.65 Å². The van der Waals surface area contributed by atoms with Gasteiger partial charge in [0.1, 0.15) is 5.69 Å². The van der Waals surface area contributed by atoms with E-state index in [4.69, 9.17) is 10.1 Å². The molecule has 7 nitrogen and oxygen atoms in total. The maximum Gasteiger partial charge on any atom is 0.248 e. The summed E-state index contributed by atoms with van der Waals surface area (Å²) in [6.07, 6.45) is 12.0. The predicted octanol–water partition coefficient (Wildman–Crippen LogP) is 3.88. The minimum atomic E-state index is -0.137. The summed E-state index contributed by atoms with van der Waals surface area (Å²) in [6.45, 7) is 3.41. The molecule has 0 radical (unpaired) electrons. The highest BCUT2D eigenvalue weighted by Gasteiger charge is 2.41. The molecule has 2 aliphatic heterocycles. The highest BCUT2D eigenvalue weighted by Crippen LogP contribution is 2.43.